The number of halogens is 1. The Hall–Kier alpha value is -0.660. The fraction of sp³-hybridized carbons (Fsp3) is 0.500. The smallest absolute Gasteiger partial charge is 0.234 e. The molecule has 0 atom stereocenters. The molecule has 1 aromatic heterocycles. The SMILES string of the molecule is CCCNCCS(=O)(=O)Nc1cncc(Br)c1. The van der Waals surface area contributed by atoms with Gasteiger partial charge in [0, 0.05) is 17.2 Å². The van der Waals surface area contributed by atoms with Crippen molar-refractivity contribution in [2.24, 2.45) is 0 Å². The zero-order valence-corrected chi connectivity index (χ0v) is 12.0. The zero-order chi connectivity index (χ0) is 12.7. The lowest BCUT2D eigenvalue weighted by molar-refractivity contribution is 0.595. The van der Waals surface area contributed by atoms with Crippen molar-refractivity contribution >= 4 is 31.6 Å². The van der Waals surface area contributed by atoms with Crippen LogP contribution in [0, 0.1) is 0 Å². The van der Waals surface area contributed by atoms with E-state index < -0.39 is 10.0 Å². The summed E-state index contributed by atoms with van der Waals surface area (Å²) in [5.74, 6) is 0.0551. The van der Waals surface area contributed by atoms with Crippen LogP contribution >= 0.6 is 15.9 Å². The van der Waals surface area contributed by atoms with E-state index in [0.29, 0.717) is 12.2 Å². The van der Waals surface area contributed by atoms with Gasteiger partial charge in [-0.25, -0.2) is 8.42 Å². The van der Waals surface area contributed by atoms with Crippen LogP contribution in [-0.4, -0.2) is 32.2 Å². The first-order valence-corrected chi connectivity index (χ1v) is 7.80. The van der Waals surface area contributed by atoms with Crippen LogP contribution in [0.5, 0.6) is 0 Å². The number of nitrogens with one attached hydrogen (secondary N) is 2. The molecule has 0 fully saturated rings. The molecule has 17 heavy (non-hydrogen) atoms. The van der Waals surface area contributed by atoms with Crippen molar-refractivity contribution in [2.45, 2.75) is 13.3 Å². The summed E-state index contributed by atoms with van der Waals surface area (Å²) in [7, 11) is -3.31. The molecule has 0 spiro atoms. The summed E-state index contributed by atoms with van der Waals surface area (Å²) in [6.45, 7) is 3.31. The number of anilines is 1. The highest BCUT2D eigenvalue weighted by atomic mass is 79.9. The molecule has 0 radical (unpaired) electrons. The third-order valence-corrected chi connectivity index (χ3v) is 3.67. The Morgan fingerprint density at radius 1 is 1.35 bits per heavy atom. The number of hydrogen-bond donors (Lipinski definition) is 2. The number of hydrogen-bond acceptors (Lipinski definition) is 4. The van der Waals surface area contributed by atoms with Gasteiger partial charge in [0.05, 0.1) is 17.6 Å². The predicted octanol–water partition coefficient (Wildman–Crippen LogP) is 1.59. The van der Waals surface area contributed by atoms with Gasteiger partial charge in [0.25, 0.3) is 0 Å². The molecule has 1 rings (SSSR count). The normalized spacial score (nSPS) is 11.4. The van der Waals surface area contributed by atoms with E-state index in [1.807, 2.05) is 6.92 Å². The van der Waals surface area contributed by atoms with Crippen molar-refractivity contribution in [2.75, 3.05) is 23.6 Å². The molecule has 0 aliphatic rings. The van der Waals surface area contributed by atoms with Crippen molar-refractivity contribution < 1.29 is 8.42 Å². The summed E-state index contributed by atoms with van der Waals surface area (Å²) in [5.41, 5.74) is 0.467. The Morgan fingerprint density at radius 2 is 2.12 bits per heavy atom. The Labute approximate surface area is 110 Å². The van der Waals surface area contributed by atoms with Crippen molar-refractivity contribution in [3.8, 4) is 0 Å². The van der Waals surface area contributed by atoms with E-state index in [2.05, 4.69) is 31.0 Å². The second-order valence-electron chi connectivity index (χ2n) is 3.56. The standard InChI is InChI=1S/C10H16BrN3O2S/c1-2-3-12-4-5-17(15,16)14-10-6-9(11)7-13-8-10/h6-8,12,14H,2-5H2,1H3. The maximum atomic E-state index is 11.7. The van der Waals surface area contributed by atoms with E-state index in [1.165, 1.54) is 6.20 Å². The van der Waals surface area contributed by atoms with Gasteiger partial charge < -0.3 is 5.32 Å². The van der Waals surface area contributed by atoms with Gasteiger partial charge in [-0.2, -0.15) is 0 Å². The lowest BCUT2D eigenvalue weighted by atomic mass is 10.4. The summed E-state index contributed by atoms with van der Waals surface area (Å²) < 4.78 is 26.6. The summed E-state index contributed by atoms with van der Waals surface area (Å²) in [5, 5.41) is 3.04. The van der Waals surface area contributed by atoms with Crippen LogP contribution < -0.4 is 10.0 Å². The highest BCUT2D eigenvalue weighted by Gasteiger charge is 2.09. The molecule has 0 unspecified atom stereocenters. The zero-order valence-electron chi connectivity index (χ0n) is 9.61. The van der Waals surface area contributed by atoms with Crippen LogP contribution in [0.1, 0.15) is 13.3 Å². The Kier molecular flexibility index (Phi) is 5.87. The van der Waals surface area contributed by atoms with Crippen LogP contribution in [0.3, 0.4) is 0 Å². The molecular formula is C10H16BrN3O2S. The molecule has 0 bridgehead atoms. The molecule has 0 saturated heterocycles. The van der Waals surface area contributed by atoms with E-state index in [9.17, 15) is 8.42 Å². The van der Waals surface area contributed by atoms with Crippen LogP contribution in [0.25, 0.3) is 0 Å². The minimum absolute atomic E-state index is 0.0551. The molecule has 0 saturated carbocycles. The Balaban J connectivity index is 2.49. The minimum atomic E-state index is -3.31. The average Bonchev–Trinajstić information content (AvgIpc) is 2.24. The van der Waals surface area contributed by atoms with Gasteiger partial charge >= 0.3 is 0 Å². The monoisotopic (exact) mass is 321 g/mol. The molecular weight excluding hydrogens is 306 g/mol. The molecule has 96 valence electrons. The van der Waals surface area contributed by atoms with E-state index in [4.69, 9.17) is 0 Å². The van der Waals surface area contributed by atoms with Crippen LogP contribution in [0.2, 0.25) is 0 Å². The van der Waals surface area contributed by atoms with Gasteiger partial charge in [-0.3, -0.25) is 9.71 Å². The fourth-order valence-electron chi connectivity index (χ4n) is 1.21. The van der Waals surface area contributed by atoms with Crippen LogP contribution in [0.15, 0.2) is 22.9 Å². The first-order chi connectivity index (χ1) is 8.03. The molecule has 1 aromatic rings. The number of rotatable bonds is 7. The minimum Gasteiger partial charge on any atom is -0.316 e. The van der Waals surface area contributed by atoms with Gasteiger partial charge in [0.2, 0.25) is 10.0 Å². The average molecular weight is 322 g/mol. The van der Waals surface area contributed by atoms with Gasteiger partial charge in [-0.15, -0.1) is 0 Å². The molecule has 0 amide bonds. The van der Waals surface area contributed by atoms with Crippen molar-refractivity contribution in [1.82, 2.24) is 10.3 Å². The highest BCUT2D eigenvalue weighted by molar-refractivity contribution is 9.10. The van der Waals surface area contributed by atoms with Crippen molar-refractivity contribution in [3.63, 3.8) is 0 Å². The summed E-state index contributed by atoms with van der Waals surface area (Å²) in [6.07, 6.45) is 4.06. The molecule has 0 aliphatic heterocycles. The van der Waals surface area contributed by atoms with Crippen molar-refractivity contribution in [1.29, 1.82) is 0 Å². The lowest BCUT2D eigenvalue weighted by Crippen LogP contribution is -2.27. The largest absolute Gasteiger partial charge is 0.316 e. The third kappa shape index (κ3) is 5.99. The third-order valence-electron chi connectivity index (χ3n) is 1.95. The molecule has 0 aliphatic carbocycles. The summed E-state index contributed by atoms with van der Waals surface area (Å²) in [6, 6.07) is 1.67. The van der Waals surface area contributed by atoms with Gasteiger partial charge in [-0.1, -0.05) is 6.92 Å². The van der Waals surface area contributed by atoms with Gasteiger partial charge in [-0.05, 0) is 35.0 Å². The summed E-state index contributed by atoms with van der Waals surface area (Å²) >= 11 is 3.23. The number of sulfonamides is 1. The Bertz CT molecular complexity index is 451. The first-order valence-electron chi connectivity index (χ1n) is 5.35. The van der Waals surface area contributed by atoms with Crippen LogP contribution in [-0.2, 0) is 10.0 Å². The first kappa shape index (κ1) is 14.4. The van der Waals surface area contributed by atoms with E-state index in [1.54, 1.807) is 12.3 Å². The molecule has 7 heteroatoms. The van der Waals surface area contributed by atoms with Gasteiger partial charge in [0.15, 0.2) is 0 Å². The number of pyridine rings is 1. The number of aromatic nitrogens is 1. The quantitative estimate of drug-likeness (QED) is 0.748. The van der Waals surface area contributed by atoms with E-state index >= 15 is 0 Å². The Morgan fingerprint density at radius 3 is 2.76 bits per heavy atom. The fourth-order valence-corrected chi connectivity index (χ4v) is 2.56. The molecule has 1 heterocycles. The van der Waals surface area contributed by atoms with Crippen molar-refractivity contribution in [3.05, 3.63) is 22.9 Å². The summed E-state index contributed by atoms with van der Waals surface area (Å²) in [4.78, 5) is 3.89. The topological polar surface area (TPSA) is 71.1 Å². The molecule has 5 nitrogen and oxygen atoms in total. The molecule has 2 N–H and O–H groups in total. The predicted molar refractivity (Wildman–Crippen MR) is 72.5 cm³/mol. The van der Waals surface area contributed by atoms with Crippen LogP contribution in [0.4, 0.5) is 5.69 Å². The second-order valence-corrected chi connectivity index (χ2v) is 6.32. The maximum absolute atomic E-state index is 11.7. The van der Waals surface area contributed by atoms with Gasteiger partial charge in [0.1, 0.15) is 0 Å². The highest BCUT2D eigenvalue weighted by Crippen LogP contribution is 2.14. The molecule has 0 aromatic carbocycles. The van der Waals surface area contributed by atoms with E-state index in [-0.39, 0.29) is 5.75 Å². The number of nitrogens with zero attached hydrogens (tertiary/aromatic N) is 1. The second kappa shape index (κ2) is 6.93. The maximum Gasteiger partial charge on any atom is 0.234 e. The lowest BCUT2D eigenvalue weighted by Gasteiger charge is -2.08. The van der Waals surface area contributed by atoms with E-state index in [0.717, 1.165) is 17.4 Å².